The summed E-state index contributed by atoms with van der Waals surface area (Å²) in [7, 11) is 1.47. The lowest BCUT2D eigenvalue weighted by Gasteiger charge is -1.99. The quantitative estimate of drug-likeness (QED) is 0.439. The van der Waals surface area contributed by atoms with E-state index < -0.39 is 17.1 Å². The van der Waals surface area contributed by atoms with Gasteiger partial charge in [0.05, 0.1) is 5.56 Å². The van der Waals surface area contributed by atoms with Crippen molar-refractivity contribution in [3.63, 3.8) is 0 Å². The molecule has 0 atom stereocenters. The Balaban J connectivity index is 3.24. The molecule has 1 aromatic rings. The number of aromatic nitrogens is 2. The molecule has 6 nitrogen and oxygen atoms in total. The second kappa shape index (κ2) is 3.73. The molecule has 0 saturated carbocycles. The molecular weight excluding hydrogens is 186 g/mol. The van der Waals surface area contributed by atoms with Crippen LogP contribution in [0.4, 0.5) is 0 Å². The molecule has 74 valence electrons. The summed E-state index contributed by atoms with van der Waals surface area (Å²) in [6, 6.07) is 0. The van der Waals surface area contributed by atoms with Gasteiger partial charge in [-0.1, -0.05) is 6.08 Å². The lowest BCUT2D eigenvalue weighted by molar-refractivity contribution is -0.213. The summed E-state index contributed by atoms with van der Waals surface area (Å²) in [5, 5.41) is 16.9. The molecule has 0 aliphatic carbocycles. The molecular formula is C8H8N3O3-. The topological polar surface area (TPSA) is 102 Å². The molecule has 0 bridgehead atoms. The van der Waals surface area contributed by atoms with Gasteiger partial charge >= 0.3 is 5.69 Å². The first-order valence-corrected chi connectivity index (χ1v) is 3.74. The van der Waals surface area contributed by atoms with Gasteiger partial charge in [-0.2, -0.15) is 0 Å². The average Bonchev–Trinajstić information content (AvgIpc) is 2.09. The van der Waals surface area contributed by atoms with Gasteiger partial charge in [0, 0.05) is 13.2 Å². The Morgan fingerprint density at radius 1 is 1.64 bits per heavy atom. The van der Waals surface area contributed by atoms with Gasteiger partial charge in [-0.05, 0) is 12.0 Å². The number of hydrogen-bond donors (Lipinski definition) is 2. The molecule has 1 heterocycles. The Hall–Kier alpha value is -2.11. The third-order valence-electron chi connectivity index (χ3n) is 1.55. The molecule has 0 radical (unpaired) electrons. The third-order valence-corrected chi connectivity index (χ3v) is 1.55. The van der Waals surface area contributed by atoms with Crippen LogP contribution in [0.1, 0.15) is 5.56 Å². The first-order valence-electron chi connectivity index (χ1n) is 3.74. The van der Waals surface area contributed by atoms with Crippen LogP contribution in [-0.4, -0.2) is 15.4 Å². The number of nitrogens with zero attached hydrogens (tertiary/aromatic N) is 1. The van der Waals surface area contributed by atoms with Gasteiger partial charge in [0.1, 0.15) is 0 Å². The van der Waals surface area contributed by atoms with Crippen molar-refractivity contribution in [1.82, 2.24) is 9.55 Å². The highest BCUT2D eigenvalue weighted by atomic mass is 16.3. The van der Waals surface area contributed by atoms with Gasteiger partial charge < -0.3 is 15.1 Å². The number of aryl methyl sites for hydroxylation is 1. The molecule has 0 unspecified atom stereocenters. The Morgan fingerprint density at radius 3 is 2.86 bits per heavy atom. The maximum absolute atomic E-state index is 11.1. The van der Waals surface area contributed by atoms with Crippen LogP contribution in [0.5, 0.6) is 0 Å². The predicted octanol–water partition coefficient (Wildman–Crippen LogP) is -1.58. The summed E-state index contributed by atoms with van der Waals surface area (Å²) < 4.78 is 1.18. The fourth-order valence-electron chi connectivity index (χ4n) is 0.868. The van der Waals surface area contributed by atoms with Crippen molar-refractivity contribution < 1.29 is 5.11 Å². The predicted molar refractivity (Wildman–Crippen MR) is 49.1 cm³/mol. The largest absolute Gasteiger partial charge is 0.859 e. The van der Waals surface area contributed by atoms with E-state index in [4.69, 9.17) is 5.41 Å². The molecule has 0 spiro atoms. The van der Waals surface area contributed by atoms with Crippen molar-refractivity contribution >= 4 is 12.0 Å². The van der Waals surface area contributed by atoms with E-state index in [9.17, 15) is 14.7 Å². The highest BCUT2D eigenvalue weighted by Gasteiger charge is 1.97. The summed E-state index contributed by atoms with van der Waals surface area (Å²) in [5.41, 5.74) is -0.942. The van der Waals surface area contributed by atoms with Crippen molar-refractivity contribution in [2.75, 3.05) is 0 Å². The lowest BCUT2D eigenvalue weighted by Crippen LogP contribution is -2.29. The highest BCUT2D eigenvalue weighted by molar-refractivity contribution is 5.85. The van der Waals surface area contributed by atoms with E-state index in [1.165, 1.54) is 23.9 Å². The van der Waals surface area contributed by atoms with Crippen LogP contribution in [-0.2, 0) is 7.05 Å². The van der Waals surface area contributed by atoms with Crippen molar-refractivity contribution in [2.45, 2.75) is 0 Å². The zero-order valence-electron chi connectivity index (χ0n) is 7.40. The Kier molecular flexibility index (Phi) is 2.66. The van der Waals surface area contributed by atoms with E-state index in [0.29, 0.717) is 0 Å². The second-order valence-electron chi connectivity index (χ2n) is 2.65. The molecule has 0 aliphatic rings. The molecule has 0 fully saturated rings. The van der Waals surface area contributed by atoms with Gasteiger partial charge in [0.15, 0.2) is 0 Å². The van der Waals surface area contributed by atoms with Gasteiger partial charge in [0.2, 0.25) is 0 Å². The maximum atomic E-state index is 11.1. The first-order chi connectivity index (χ1) is 6.50. The zero-order valence-corrected chi connectivity index (χ0v) is 7.40. The van der Waals surface area contributed by atoms with Crippen LogP contribution in [0.3, 0.4) is 0 Å². The monoisotopic (exact) mass is 194 g/mol. The summed E-state index contributed by atoms with van der Waals surface area (Å²) in [5.74, 6) is -0.904. The van der Waals surface area contributed by atoms with Crippen molar-refractivity contribution in [3.05, 3.63) is 38.7 Å². The number of aromatic amines is 1. The van der Waals surface area contributed by atoms with Gasteiger partial charge in [0.25, 0.3) is 5.56 Å². The minimum absolute atomic E-state index is 0.160. The van der Waals surface area contributed by atoms with Gasteiger partial charge in [-0.25, -0.2) is 4.79 Å². The summed E-state index contributed by atoms with van der Waals surface area (Å²) in [4.78, 5) is 24.1. The smallest absolute Gasteiger partial charge is 0.328 e. The van der Waals surface area contributed by atoms with Crippen molar-refractivity contribution in [1.29, 1.82) is 5.41 Å². The van der Waals surface area contributed by atoms with E-state index in [-0.39, 0.29) is 5.56 Å². The SMILES string of the molecule is Cn1cc(/C=C/C(=N)[O-])c(=O)[nH]c1=O. The number of rotatable bonds is 2. The molecule has 0 saturated heterocycles. The highest BCUT2D eigenvalue weighted by Crippen LogP contribution is 1.89. The molecule has 14 heavy (non-hydrogen) atoms. The minimum atomic E-state index is -0.904. The third kappa shape index (κ3) is 2.19. The molecule has 0 aliphatic heterocycles. The van der Waals surface area contributed by atoms with E-state index in [1.54, 1.807) is 0 Å². The lowest BCUT2D eigenvalue weighted by atomic mass is 10.3. The summed E-state index contributed by atoms with van der Waals surface area (Å²) in [6.07, 6.45) is 3.42. The van der Waals surface area contributed by atoms with Gasteiger partial charge in [-0.3, -0.25) is 9.78 Å². The summed E-state index contributed by atoms with van der Waals surface area (Å²) >= 11 is 0. The van der Waals surface area contributed by atoms with Crippen LogP contribution in [0.2, 0.25) is 0 Å². The van der Waals surface area contributed by atoms with E-state index in [2.05, 4.69) is 4.98 Å². The summed E-state index contributed by atoms with van der Waals surface area (Å²) in [6.45, 7) is 0. The Bertz CT molecular complexity index is 495. The van der Waals surface area contributed by atoms with Crippen LogP contribution in [0.15, 0.2) is 21.9 Å². The molecule has 1 aromatic heterocycles. The van der Waals surface area contributed by atoms with E-state index in [1.807, 2.05) is 0 Å². The van der Waals surface area contributed by atoms with E-state index in [0.717, 1.165) is 6.08 Å². The van der Waals surface area contributed by atoms with Crippen LogP contribution >= 0.6 is 0 Å². The number of nitrogens with one attached hydrogen (secondary N) is 2. The molecule has 1 rings (SSSR count). The number of hydrogen-bond acceptors (Lipinski definition) is 4. The van der Waals surface area contributed by atoms with E-state index >= 15 is 0 Å². The molecule has 0 aromatic carbocycles. The standard InChI is InChI=1S/C8H9N3O3/c1-11-4-5(2-3-6(9)12)7(13)10-8(11)14/h2-4H,1H3,(H2,9,12)(H,10,13,14)/p-1/b3-2+. The normalized spacial score (nSPS) is 10.6. The second-order valence-corrected chi connectivity index (χ2v) is 2.65. The molecule has 6 heteroatoms. The zero-order chi connectivity index (χ0) is 10.7. The van der Waals surface area contributed by atoms with Crippen LogP contribution in [0.25, 0.3) is 6.08 Å². The fourth-order valence-corrected chi connectivity index (χ4v) is 0.868. The first kappa shape index (κ1) is 9.97. The fraction of sp³-hybridized carbons (Fsp3) is 0.125. The molecule has 2 N–H and O–H groups in total. The van der Waals surface area contributed by atoms with Crippen molar-refractivity contribution in [3.8, 4) is 0 Å². The van der Waals surface area contributed by atoms with Gasteiger partial charge in [-0.15, -0.1) is 0 Å². The number of H-pyrrole nitrogens is 1. The Morgan fingerprint density at radius 2 is 2.29 bits per heavy atom. The maximum Gasteiger partial charge on any atom is 0.328 e. The minimum Gasteiger partial charge on any atom is -0.859 e. The molecule has 0 amide bonds. The van der Waals surface area contributed by atoms with Crippen molar-refractivity contribution in [2.24, 2.45) is 7.05 Å². The Labute approximate surface area is 78.7 Å². The average molecular weight is 194 g/mol. The van der Waals surface area contributed by atoms with Crippen LogP contribution in [0, 0.1) is 5.41 Å². The van der Waals surface area contributed by atoms with Crippen LogP contribution < -0.4 is 16.4 Å².